The van der Waals surface area contributed by atoms with Gasteiger partial charge in [-0.15, -0.1) is 0 Å². The summed E-state index contributed by atoms with van der Waals surface area (Å²) in [6, 6.07) is 15.5. The summed E-state index contributed by atoms with van der Waals surface area (Å²) in [7, 11) is 0. The minimum atomic E-state index is 0.576. The number of nitriles is 1. The average Bonchev–Trinajstić information content (AvgIpc) is 2.48. The number of benzene rings is 1. The Kier molecular flexibility index (Phi) is 3.02. The first-order valence-corrected chi connectivity index (χ1v) is 6.26. The van der Waals surface area contributed by atoms with Crippen molar-refractivity contribution in [2.24, 2.45) is 0 Å². The standard InChI is InChI=1S/C16H12N4/c1-11-5-6-13-3-2-4-14(16(13)19-11)20-15-9-12(10-17)7-8-18-15/h2-9H,1H3,(H,18,20). The van der Waals surface area contributed by atoms with Crippen LogP contribution in [-0.4, -0.2) is 9.97 Å². The topological polar surface area (TPSA) is 61.6 Å². The smallest absolute Gasteiger partial charge is 0.131 e. The lowest BCUT2D eigenvalue weighted by molar-refractivity contribution is 1.25. The van der Waals surface area contributed by atoms with Gasteiger partial charge in [0.25, 0.3) is 0 Å². The maximum atomic E-state index is 8.92. The fraction of sp³-hybridized carbons (Fsp3) is 0.0625. The van der Waals surface area contributed by atoms with Gasteiger partial charge in [-0.25, -0.2) is 4.98 Å². The van der Waals surface area contributed by atoms with Crippen LogP contribution in [0, 0.1) is 18.3 Å². The maximum absolute atomic E-state index is 8.92. The van der Waals surface area contributed by atoms with Crippen molar-refractivity contribution in [3.8, 4) is 6.07 Å². The molecule has 0 amide bonds. The second kappa shape index (κ2) is 4.98. The lowest BCUT2D eigenvalue weighted by atomic mass is 10.1. The van der Waals surface area contributed by atoms with Crippen LogP contribution in [0.15, 0.2) is 48.7 Å². The number of pyridine rings is 2. The fourth-order valence-corrected chi connectivity index (χ4v) is 2.05. The van der Waals surface area contributed by atoms with E-state index in [4.69, 9.17) is 5.26 Å². The number of nitrogens with zero attached hydrogens (tertiary/aromatic N) is 3. The van der Waals surface area contributed by atoms with E-state index in [-0.39, 0.29) is 0 Å². The molecule has 96 valence electrons. The molecule has 0 saturated heterocycles. The van der Waals surface area contributed by atoms with Gasteiger partial charge < -0.3 is 5.32 Å². The Morgan fingerprint density at radius 2 is 2.05 bits per heavy atom. The van der Waals surface area contributed by atoms with Crippen molar-refractivity contribution in [1.82, 2.24) is 9.97 Å². The monoisotopic (exact) mass is 260 g/mol. The van der Waals surface area contributed by atoms with Gasteiger partial charge in [-0.1, -0.05) is 18.2 Å². The molecule has 2 aromatic heterocycles. The Bertz CT molecular complexity index is 818. The van der Waals surface area contributed by atoms with E-state index in [0.717, 1.165) is 22.3 Å². The number of rotatable bonds is 2. The molecule has 3 aromatic rings. The summed E-state index contributed by atoms with van der Waals surface area (Å²) < 4.78 is 0. The molecule has 0 aliphatic rings. The predicted molar refractivity (Wildman–Crippen MR) is 78.7 cm³/mol. The maximum Gasteiger partial charge on any atom is 0.131 e. The summed E-state index contributed by atoms with van der Waals surface area (Å²) in [5.74, 6) is 0.639. The van der Waals surface area contributed by atoms with Crippen LogP contribution >= 0.6 is 0 Å². The molecule has 0 radical (unpaired) electrons. The van der Waals surface area contributed by atoms with Gasteiger partial charge in [-0.2, -0.15) is 5.26 Å². The van der Waals surface area contributed by atoms with Gasteiger partial charge in [0.15, 0.2) is 0 Å². The Balaban J connectivity index is 2.06. The molecular formula is C16H12N4. The van der Waals surface area contributed by atoms with Crippen molar-refractivity contribution in [2.75, 3.05) is 5.32 Å². The number of aryl methyl sites for hydroxylation is 1. The highest BCUT2D eigenvalue weighted by Gasteiger charge is 2.04. The third kappa shape index (κ3) is 2.29. The molecule has 3 rings (SSSR count). The van der Waals surface area contributed by atoms with Gasteiger partial charge in [0.1, 0.15) is 5.82 Å². The van der Waals surface area contributed by atoms with Crippen molar-refractivity contribution in [3.63, 3.8) is 0 Å². The highest BCUT2D eigenvalue weighted by Crippen LogP contribution is 2.24. The number of anilines is 2. The summed E-state index contributed by atoms with van der Waals surface area (Å²) in [5.41, 5.74) is 3.32. The van der Waals surface area contributed by atoms with Crippen LogP contribution in [0.2, 0.25) is 0 Å². The van der Waals surface area contributed by atoms with Gasteiger partial charge in [-0.3, -0.25) is 4.98 Å². The summed E-state index contributed by atoms with van der Waals surface area (Å²) in [6.07, 6.45) is 1.62. The molecule has 2 heterocycles. The van der Waals surface area contributed by atoms with Gasteiger partial charge in [0.05, 0.1) is 22.8 Å². The van der Waals surface area contributed by atoms with Crippen molar-refractivity contribution >= 4 is 22.4 Å². The SMILES string of the molecule is Cc1ccc2cccc(Nc3cc(C#N)ccn3)c2n1. The molecule has 4 heteroatoms. The third-order valence-electron chi connectivity index (χ3n) is 3.01. The van der Waals surface area contributed by atoms with Crippen LogP contribution in [0.25, 0.3) is 10.9 Å². The van der Waals surface area contributed by atoms with E-state index in [9.17, 15) is 0 Å². The van der Waals surface area contributed by atoms with Gasteiger partial charge in [0.2, 0.25) is 0 Å². The van der Waals surface area contributed by atoms with E-state index in [1.165, 1.54) is 0 Å². The largest absolute Gasteiger partial charge is 0.338 e. The molecule has 0 spiro atoms. The van der Waals surface area contributed by atoms with E-state index in [2.05, 4.69) is 21.4 Å². The lowest BCUT2D eigenvalue weighted by Gasteiger charge is -2.09. The average molecular weight is 260 g/mol. The van der Waals surface area contributed by atoms with Crippen molar-refractivity contribution < 1.29 is 0 Å². The number of para-hydroxylation sites is 1. The van der Waals surface area contributed by atoms with Crippen molar-refractivity contribution in [3.05, 3.63) is 59.9 Å². The molecule has 0 fully saturated rings. The minimum absolute atomic E-state index is 0.576. The van der Waals surface area contributed by atoms with Gasteiger partial charge in [0, 0.05) is 17.3 Å². The zero-order chi connectivity index (χ0) is 13.9. The van der Waals surface area contributed by atoms with Crippen molar-refractivity contribution in [1.29, 1.82) is 5.26 Å². The van der Waals surface area contributed by atoms with E-state index >= 15 is 0 Å². The summed E-state index contributed by atoms with van der Waals surface area (Å²) >= 11 is 0. The second-order valence-electron chi connectivity index (χ2n) is 4.50. The predicted octanol–water partition coefficient (Wildman–Crippen LogP) is 3.55. The molecule has 1 N–H and O–H groups in total. The molecule has 0 bridgehead atoms. The molecule has 0 saturated carbocycles. The van der Waals surface area contributed by atoms with Crippen LogP contribution < -0.4 is 5.32 Å². The van der Waals surface area contributed by atoms with Crippen LogP contribution in [0.4, 0.5) is 11.5 Å². The summed E-state index contributed by atoms with van der Waals surface area (Å²) in [6.45, 7) is 1.96. The Morgan fingerprint density at radius 1 is 1.15 bits per heavy atom. The van der Waals surface area contributed by atoms with Crippen LogP contribution in [0.1, 0.15) is 11.3 Å². The molecule has 4 nitrogen and oxygen atoms in total. The fourth-order valence-electron chi connectivity index (χ4n) is 2.05. The van der Waals surface area contributed by atoms with Crippen LogP contribution in [0.5, 0.6) is 0 Å². The summed E-state index contributed by atoms with van der Waals surface area (Å²) in [5, 5.41) is 13.2. The van der Waals surface area contributed by atoms with E-state index < -0.39 is 0 Å². The number of hydrogen-bond donors (Lipinski definition) is 1. The number of hydrogen-bond acceptors (Lipinski definition) is 4. The molecule has 0 atom stereocenters. The van der Waals surface area contributed by atoms with E-state index in [0.29, 0.717) is 11.4 Å². The Labute approximate surface area is 116 Å². The quantitative estimate of drug-likeness (QED) is 0.765. The van der Waals surface area contributed by atoms with Gasteiger partial charge in [-0.05, 0) is 31.2 Å². The van der Waals surface area contributed by atoms with E-state index in [1.54, 1.807) is 18.3 Å². The minimum Gasteiger partial charge on any atom is -0.338 e. The highest BCUT2D eigenvalue weighted by molar-refractivity contribution is 5.91. The van der Waals surface area contributed by atoms with Crippen LogP contribution in [0.3, 0.4) is 0 Å². The first kappa shape index (κ1) is 12.1. The highest BCUT2D eigenvalue weighted by atomic mass is 15.0. The second-order valence-corrected chi connectivity index (χ2v) is 4.50. The molecule has 0 aliphatic heterocycles. The zero-order valence-corrected chi connectivity index (χ0v) is 11.0. The molecule has 20 heavy (non-hydrogen) atoms. The Morgan fingerprint density at radius 3 is 2.90 bits per heavy atom. The third-order valence-corrected chi connectivity index (χ3v) is 3.01. The van der Waals surface area contributed by atoms with Gasteiger partial charge >= 0.3 is 0 Å². The van der Waals surface area contributed by atoms with E-state index in [1.807, 2.05) is 37.3 Å². The number of aromatic nitrogens is 2. The first-order chi connectivity index (χ1) is 9.76. The normalized spacial score (nSPS) is 10.2. The molecular weight excluding hydrogens is 248 g/mol. The number of nitrogens with one attached hydrogen (secondary N) is 1. The molecule has 1 aromatic carbocycles. The molecule has 0 unspecified atom stereocenters. The lowest BCUT2D eigenvalue weighted by Crippen LogP contribution is -1.96. The number of fused-ring (bicyclic) bond motifs is 1. The van der Waals surface area contributed by atoms with Crippen molar-refractivity contribution in [2.45, 2.75) is 6.92 Å². The zero-order valence-electron chi connectivity index (χ0n) is 11.0. The molecule has 0 aliphatic carbocycles. The summed E-state index contributed by atoms with van der Waals surface area (Å²) in [4.78, 5) is 8.78. The van der Waals surface area contributed by atoms with Crippen LogP contribution in [-0.2, 0) is 0 Å². The first-order valence-electron chi connectivity index (χ1n) is 6.26. The Hall–Kier alpha value is -2.93.